The molecule has 0 aliphatic rings. The number of phenolic OH excluding ortho intramolecular Hbond substituents is 8. The fraction of sp³-hybridized carbons (Fsp3) is 0. The lowest BCUT2D eigenvalue weighted by Gasteiger charge is -2.23. The van der Waals surface area contributed by atoms with Crippen molar-refractivity contribution in [1.29, 1.82) is 0 Å². The summed E-state index contributed by atoms with van der Waals surface area (Å²) in [5.41, 5.74) is 2.32. The third-order valence-corrected chi connectivity index (χ3v) is 9.08. The first-order valence-corrected chi connectivity index (χ1v) is 15.0. The summed E-state index contributed by atoms with van der Waals surface area (Å²) in [5, 5.41) is 92.3. The first kappa shape index (κ1) is 28.7. The zero-order valence-corrected chi connectivity index (χ0v) is 25.0. The molecule has 0 atom stereocenters. The van der Waals surface area contributed by atoms with E-state index in [1.165, 1.54) is 0 Å². The van der Waals surface area contributed by atoms with Crippen LogP contribution in [0.25, 0.3) is 76.5 Å². The van der Waals surface area contributed by atoms with Crippen molar-refractivity contribution < 1.29 is 40.9 Å². The summed E-state index contributed by atoms with van der Waals surface area (Å²) in [6, 6.07) is 33.4. The molecule has 0 aliphatic heterocycles. The highest BCUT2D eigenvalue weighted by Gasteiger charge is 2.32. The monoisotopic (exact) mass is 634 g/mol. The molecule has 0 saturated heterocycles. The fourth-order valence-electron chi connectivity index (χ4n) is 6.86. The predicted octanol–water partition coefficient (Wildman–Crippen LogP) is 8.95. The minimum Gasteiger partial charge on any atom is -0.504 e. The van der Waals surface area contributed by atoms with Gasteiger partial charge in [0.2, 0.25) is 23.0 Å². The van der Waals surface area contributed by atoms with Gasteiger partial charge in [0.05, 0.1) is 0 Å². The van der Waals surface area contributed by atoms with Gasteiger partial charge in [-0.05, 0) is 55.9 Å². The Kier molecular flexibility index (Phi) is 6.19. The van der Waals surface area contributed by atoms with Crippen molar-refractivity contribution in [3.05, 3.63) is 109 Å². The maximum atomic E-state index is 11.5. The van der Waals surface area contributed by atoms with Gasteiger partial charge in [-0.15, -0.1) is 0 Å². The average molecular weight is 635 g/mol. The molecule has 0 saturated carbocycles. The molecule has 8 rings (SSSR count). The Bertz CT molecular complexity index is 2570. The number of benzene rings is 8. The van der Waals surface area contributed by atoms with E-state index in [9.17, 15) is 40.9 Å². The SMILES string of the molecule is Oc1c(O)c(O)c2c(-c3ccc4ccccc4c3)c3c(O)c(O)c(O)c(O)c3c(-c3cccc(-c4cccc5ccccc45)c3)c2c1O. The van der Waals surface area contributed by atoms with Gasteiger partial charge in [0.15, 0.2) is 23.0 Å². The van der Waals surface area contributed by atoms with Gasteiger partial charge >= 0.3 is 0 Å². The lowest BCUT2D eigenvalue weighted by atomic mass is 9.83. The molecule has 0 spiro atoms. The highest BCUT2D eigenvalue weighted by atomic mass is 16.4. The molecule has 0 amide bonds. The molecular weight excluding hydrogens is 608 g/mol. The zero-order chi connectivity index (χ0) is 33.4. The average Bonchev–Trinajstić information content (AvgIpc) is 3.12. The summed E-state index contributed by atoms with van der Waals surface area (Å²) in [6.07, 6.45) is 0. The number of hydrogen-bond acceptors (Lipinski definition) is 8. The number of fused-ring (bicyclic) bond motifs is 4. The summed E-state index contributed by atoms with van der Waals surface area (Å²) >= 11 is 0. The summed E-state index contributed by atoms with van der Waals surface area (Å²) < 4.78 is 0. The molecule has 0 unspecified atom stereocenters. The molecule has 0 aromatic heterocycles. The van der Waals surface area contributed by atoms with Crippen molar-refractivity contribution in [1.82, 2.24) is 0 Å². The lowest BCUT2D eigenvalue weighted by molar-refractivity contribution is 0.350. The standard InChI is InChI=1S/C40H26O8/c41-33-29-27(23-12-5-11-22(18-23)26-14-6-10-20-8-3-4-13-25(20)26)30-32(36(44)40(48)38(46)34(30)42)28(31(29)35(43)39(47)37(33)45)24-16-15-19-7-1-2-9-21(19)17-24/h1-18,41-48H. The molecule has 0 bridgehead atoms. The summed E-state index contributed by atoms with van der Waals surface area (Å²) in [5.74, 6) is -7.31. The molecule has 8 heteroatoms. The van der Waals surface area contributed by atoms with E-state index in [4.69, 9.17) is 0 Å². The number of aromatic hydroxyl groups is 8. The minimum absolute atomic E-state index is 0.00201. The van der Waals surface area contributed by atoms with Crippen LogP contribution in [0.3, 0.4) is 0 Å². The van der Waals surface area contributed by atoms with E-state index in [0.29, 0.717) is 11.1 Å². The van der Waals surface area contributed by atoms with Crippen LogP contribution in [0.1, 0.15) is 0 Å². The Morgan fingerprint density at radius 3 is 1.31 bits per heavy atom. The third kappa shape index (κ3) is 3.96. The maximum absolute atomic E-state index is 11.5. The van der Waals surface area contributed by atoms with Crippen LogP contribution < -0.4 is 0 Å². The number of rotatable bonds is 3. The molecule has 8 aromatic carbocycles. The Labute approximate surface area is 272 Å². The smallest absolute Gasteiger partial charge is 0.204 e. The molecule has 0 aliphatic carbocycles. The van der Waals surface area contributed by atoms with E-state index < -0.39 is 46.0 Å². The molecule has 48 heavy (non-hydrogen) atoms. The van der Waals surface area contributed by atoms with Crippen LogP contribution in [-0.4, -0.2) is 40.9 Å². The predicted molar refractivity (Wildman–Crippen MR) is 186 cm³/mol. The van der Waals surface area contributed by atoms with E-state index in [0.717, 1.165) is 32.7 Å². The third-order valence-electron chi connectivity index (χ3n) is 9.08. The Morgan fingerprint density at radius 1 is 0.292 bits per heavy atom. The van der Waals surface area contributed by atoms with Gasteiger partial charge in [-0.25, -0.2) is 0 Å². The van der Waals surface area contributed by atoms with Gasteiger partial charge in [0.25, 0.3) is 0 Å². The molecule has 0 heterocycles. The Balaban J connectivity index is 1.59. The van der Waals surface area contributed by atoms with Crippen molar-refractivity contribution in [3.63, 3.8) is 0 Å². The first-order chi connectivity index (χ1) is 23.2. The van der Waals surface area contributed by atoms with Gasteiger partial charge in [-0.3, -0.25) is 0 Å². The van der Waals surface area contributed by atoms with Crippen LogP contribution in [0.4, 0.5) is 0 Å². The van der Waals surface area contributed by atoms with E-state index >= 15 is 0 Å². The van der Waals surface area contributed by atoms with E-state index in [2.05, 4.69) is 0 Å². The van der Waals surface area contributed by atoms with E-state index in [1.807, 2.05) is 72.8 Å². The van der Waals surface area contributed by atoms with E-state index in [1.54, 1.807) is 36.4 Å². The van der Waals surface area contributed by atoms with E-state index in [-0.39, 0.29) is 32.7 Å². The minimum atomic E-state index is -1.01. The Hall–Kier alpha value is -6.80. The highest BCUT2D eigenvalue weighted by Crippen LogP contribution is 2.62. The van der Waals surface area contributed by atoms with Crippen molar-refractivity contribution in [3.8, 4) is 79.4 Å². The largest absolute Gasteiger partial charge is 0.504 e. The second-order valence-corrected chi connectivity index (χ2v) is 11.7. The first-order valence-electron chi connectivity index (χ1n) is 15.0. The lowest BCUT2D eigenvalue weighted by Crippen LogP contribution is -1.95. The van der Waals surface area contributed by atoms with Gasteiger partial charge in [0, 0.05) is 32.7 Å². The summed E-state index contributed by atoms with van der Waals surface area (Å²) in [6.45, 7) is 0. The highest BCUT2D eigenvalue weighted by molar-refractivity contribution is 6.29. The fourth-order valence-corrected chi connectivity index (χ4v) is 6.86. The quantitative estimate of drug-likeness (QED) is 0.0543. The second-order valence-electron chi connectivity index (χ2n) is 11.7. The van der Waals surface area contributed by atoms with Crippen LogP contribution >= 0.6 is 0 Å². The number of hydrogen-bond donors (Lipinski definition) is 8. The summed E-state index contributed by atoms with van der Waals surface area (Å²) in [4.78, 5) is 0. The topological polar surface area (TPSA) is 162 Å². The van der Waals surface area contributed by atoms with Crippen LogP contribution in [0.15, 0.2) is 109 Å². The normalized spacial score (nSPS) is 11.6. The van der Waals surface area contributed by atoms with Gasteiger partial charge < -0.3 is 40.9 Å². The second kappa shape index (κ2) is 10.4. The molecule has 8 nitrogen and oxygen atoms in total. The molecule has 8 aromatic rings. The molecular formula is C40H26O8. The number of phenols is 8. The Morgan fingerprint density at radius 2 is 0.729 bits per heavy atom. The zero-order valence-electron chi connectivity index (χ0n) is 25.0. The van der Waals surface area contributed by atoms with Crippen LogP contribution in [-0.2, 0) is 0 Å². The van der Waals surface area contributed by atoms with Gasteiger partial charge in [-0.2, -0.15) is 0 Å². The van der Waals surface area contributed by atoms with Crippen molar-refractivity contribution in [2.45, 2.75) is 0 Å². The van der Waals surface area contributed by atoms with Crippen molar-refractivity contribution in [2.24, 2.45) is 0 Å². The molecule has 234 valence electrons. The van der Waals surface area contributed by atoms with Gasteiger partial charge in [0.1, 0.15) is 0 Å². The van der Waals surface area contributed by atoms with Crippen molar-refractivity contribution in [2.75, 3.05) is 0 Å². The molecule has 8 N–H and O–H groups in total. The summed E-state index contributed by atoms with van der Waals surface area (Å²) in [7, 11) is 0. The maximum Gasteiger partial charge on any atom is 0.204 e. The van der Waals surface area contributed by atoms with Crippen LogP contribution in [0.5, 0.6) is 46.0 Å². The van der Waals surface area contributed by atoms with Gasteiger partial charge in [-0.1, -0.05) is 97.1 Å². The molecule has 0 fully saturated rings. The van der Waals surface area contributed by atoms with Crippen molar-refractivity contribution >= 4 is 43.1 Å². The molecule has 0 radical (unpaired) electrons. The van der Waals surface area contributed by atoms with Crippen LogP contribution in [0.2, 0.25) is 0 Å². The van der Waals surface area contributed by atoms with Crippen LogP contribution in [0, 0.1) is 0 Å².